The van der Waals surface area contributed by atoms with Gasteiger partial charge in [-0.2, -0.15) is 4.98 Å². The van der Waals surface area contributed by atoms with Crippen molar-refractivity contribution in [3.63, 3.8) is 0 Å². The predicted molar refractivity (Wildman–Crippen MR) is 122 cm³/mol. The Morgan fingerprint density at radius 1 is 1.06 bits per heavy atom. The fourth-order valence-electron chi connectivity index (χ4n) is 2.94. The number of carboxylic acid groups (broad SMARTS) is 1. The van der Waals surface area contributed by atoms with E-state index in [-0.39, 0.29) is 30.4 Å². The number of thiazole rings is 1. The van der Waals surface area contributed by atoms with Gasteiger partial charge in [-0.25, -0.2) is 4.98 Å². The lowest BCUT2D eigenvalue weighted by molar-refractivity contribution is -0.136. The number of ether oxygens (including phenoxy) is 2. The molecule has 3 aromatic rings. The lowest BCUT2D eigenvalue weighted by Crippen LogP contribution is -2.18. The Kier molecular flexibility index (Phi) is 7.77. The van der Waals surface area contributed by atoms with Gasteiger partial charge in [-0.1, -0.05) is 30.3 Å². The number of benzene rings is 1. The molecule has 0 bridgehead atoms. The van der Waals surface area contributed by atoms with Crippen molar-refractivity contribution >= 4 is 28.3 Å². The van der Waals surface area contributed by atoms with Gasteiger partial charge in [-0.3, -0.25) is 14.9 Å². The number of nitrogens with one attached hydrogen (secondary N) is 1. The van der Waals surface area contributed by atoms with Crippen molar-refractivity contribution in [3.05, 3.63) is 64.7 Å². The summed E-state index contributed by atoms with van der Waals surface area (Å²) in [7, 11) is 0. The van der Waals surface area contributed by atoms with Crippen LogP contribution in [0.1, 0.15) is 42.4 Å². The number of anilines is 1. The lowest BCUT2D eigenvalue weighted by Gasteiger charge is -2.16. The molecular weight excluding hydrogens is 430 g/mol. The van der Waals surface area contributed by atoms with E-state index in [1.807, 2.05) is 51.1 Å². The quantitative estimate of drug-likeness (QED) is 0.471. The number of nitrogens with zero attached hydrogens (tertiary/aromatic N) is 2. The average molecular weight is 456 g/mol. The van der Waals surface area contributed by atoms with E-state index < -0.39 is 11.9 Å². The monoisotopic (exact) mass is 455 g/mol. The van der Waals surface area contributed by atoms with Crippen molar-refractivity contribution in [2.24, 2.45) is 0 Å². The lowest BCUT2D eigenvalue weighted by atomic mass is 10.1. The van der Waals surface area contributed by atoms with Crippen molar-refractivity contribution < 1.29 is 24.2 Å². The first-order chi connectivity index (χ1) is 15.3. The van der Waals surface area contributed by atoms with Crippen LogP contribution in [-0.2, 0) is 17.6 Å². The van der Waals surface area contributed by atoms with Crippen molar-refractivity contribution in [1.29, 1.82) is 0 Å². The van der Waals surface area contributed by atoms with Crippen LogP contribution in [0.3, 0.4) is 0 Å². The van der Waals surface area contributed by atoms with Gasteiger partial charge < -0.3 is 14.6 Å². The Labute approximate surface area is 190 Å². The van der Waals surface area contributed by atoms with Gasteiger partial charge in [-0.05, 0) is 26.3 Å². The van der Waals surface area contributed by atoms with Crippen molar-refractivity contribution in [2.45, 2.75) is 45.8 Å². The number of aromatic nitrogens is 2. The minimum absolute atomic E-state index is 0.132. The molecule has 3 rings (SSSR count). The van der Waals surface area contributed by atoms with E-state index in [0.717, 1.165) is 16.9 Å². The van der Waals surface area contributed by atoms with Crippen LogP contribution in [0, 0.1) is 0 Å². The molecule has 1 amide bonds. The Morgan fingerprint density at radius 2 is 1.75 bits per heavy atom. The highest BCUT2D eigenvalue weighted by molar-refractivity contribution is 7.14. The van der Waals surface area contributed by atoms with Crippen LogP contribution >= 0.6 is 11.3 Å². The molecule has 2 N–H and O–H groups in total. The number of amides is 1. The van der Waals surface area contributed by atoms with E-state index in [9.17, 15) is 9.59 Å². The smallest absolute Gasteiger partial charge is 0.309 e. The average Bonchev–Trinajstić information content (AvgIpc) is 3.13. The molecule has 0 unspecified atom stereocenters. The first-order valence-corrected chi connectivity index (χ1v) is 11.0. The molecule has 168 valence electrons. The Morgan fingerprint density at radius 3 is 2.41 bits per heavy atom. The molecule has 2 heterocycles. The van der Waals surface area contributed by atoms with E-state index in [4.69, 9.17) is 14.6 Å². The number of rotatable bonds is 10. The third-order valence-electron chi connectivity index (χ3n) is 4.19. The molecule has 1 aromatic carbocycles. The van der Waals surface area contributed by atoms with Gasteiger partial charge >= 0.3 is 5.97 Å². The maximum Gasteiger partial charge on any atom is 0.309 e. The number of hydrogen-bond acceptors (Lipinski definition) is 7. The summed E-state index contributed by atoms with van der Waals surface area (Å²) in [6, 6.07) is 13.0. The van der Waals surface area contributed by atoms with Crippen LogP contribution in [0.4, 0.5) is 5.13 Å². The van der Waals surface area contributed by atoms with Crippen LogP contribution in [0.2, 0.25) is 0 Å². The minimum Gasteiger partial charge on any atom is -0.481 e. The summed E-state index contributed by atoms with van der Waals surface area (Å²) < 4.78 is 11.7. The standard InChI is InChI=1S/C23H25N3O5S/c1-14(2)30-19-10-17(22(29)26-23-24-18(13-32-23)12-21(27)28)11-20(25-19)31-15(3)9-16-7-5-4-6-8-16/h4-8,10-11,13-15H,9,12H2,1-3H3,(H,27,28)(H,24,26,29)/t15-/m1/s1. The Balaban J connectivity index is 1.76. The number of carboxylic acids is 1. The van der Waals surface area contributed by atoms with Crippen molar-refractivity contribution in [2.75, 3.05) is 5.32 Å². The van der Waals surface area contributed by atoms with E-state index in [0.29, 0.717) is 22.8 Å². The maximum absolute atomic E-state index is 12.8. The Bertz CT molecular complexity index is 1070. The molecule has 0 aliphatic carbocycles. The second-order valence-electron chi connectivity index (χ2n) is 7.49. The zero-order valence-corrected chi connectivity index (χ0v) is 18.9. The molecule has 0 aliphatic heterocycles. The summed E-state index contributed by atoms with van der Waals surface area (Å²) in [5, 5.41) is 13.5. The molecule has 8 nitrogen and oxygen atoms in total. The molecule has 0 fully saturated rings. The number of aliphatic carboxylic acids is 1. The molecule has 0 aliphatic rings. The zero-order valence-electron chi connectivity index (χ0n) is 18.1. The van der Waals surface area contributed by atoms with Crippen molar-refractivity contribution in [1.82, 2.24) is 9.97 Å². The fourth-order valence-corrected chi connectivity index (χ4v) is 3.64. The van der Waals surface area contributed by atoms with E-state index in [2.05, 4.69) is 15.3 Å². The number of carbonyl (C=O) groups excluding carboxylic acids is 1. The van der Waals surface area contributed by atoms with Gasteiger partial charge in [0.15, 0.2) is 5.13 Å². The van der Waals surface area contributed by atoms with Gasteiger partial charge in [0.1, 0.15) is 6.10 Å². The molecule has 0 spiro atoms. The molecule has 1 atom stereocenters. The summed E-state index contributed by atoms with van der Waals surface area (Å²) in [5.41, 5.74) is 1.82. The molecule has 0 saturated heterocycles. The van der Waals surface area contributed by atoms with Crippen molar-refractivity contribution in [3.8, 4) is 11.8 Å². The molecular formula is C23H25N3O5S. The van der Waals surface area contributed by atoms with Crippen LogP contribution in [0.25, 0.3) is 0 Å². The SMILES string of the molecule is CC(C)Oc1cc(C(=O)Nc2nc(CC(=O)O)cs2)cc(O[C@H](C)Cc2ccccc2)n1. The maximum atomic E-state index is 12.8. The second kappa shape index (κ2) is 10.7. The molecule has 0 radical (unpaired) electrons. The van der Waals surface area contributed by atoms with Gasteiger partial charge in [-0.15, -0.1) is 11.3 Å². The fraction of sp³-hybridized carbons (Fsp3) is 0.304. The van der Waals surface area contributed by atoms with E-state index in [1.165, 1.54) is 6.07 Å². The number of hydrogen-bond donors (Lipinski definition) is 2. The first kappa shape index (κ1) is 23.2. The normalized spacial score (nSPS) is 11.8. The third kappa shape index (κ3) is 7.05. The summed E-state index contributed by atoms with van der Waals surface area (Å²) in [5.74, 6) is -0.843. The summed E-state index contributed by atoms with van der Waals surface area (Å²) in [4.78, 5) is 32.2. The van der Waals surface area contributed by atoms with Crippen LogP contribution in [-0.4, -0.2) is 39.2 Å². The van der Waals surface area contributed by atoms with Gasteiger partial charge in [0.25, 0.3) is 5.91 Å². The van der Waals surface area contributed by atoms with E-state index in [1.54, 1.807) is 11.4 Å². The number of pyridine rings is 1. The minimum atomic E-state index is -0.982. The van der Waals surface area contributed by atoms with Crippen LogP contribution in [0.5, 0.6) is 11.8 Å². The highest BCUT2D eigenvalue weighted by Crippen LogP contribution is 2.23. The predicted octanol–water partition coefficient (Wildman–Crippen LogP) is 4.21. The summed E-state index contributed by atoms with van der Waals surface area (Å²) in [6.45, 7) is 5.67. The Hall–Kier alpha value is -3.46. The first-order valence-electron chi connectivity index (χ1n) is 10.2. The molecule has 32 heavy (non-hydrogen) atoms. The topological polar surface area (TPSA) is 111 Å². The zero-order chi connectivity index (χ0) is 23.1. The van der Waals surface area contributed by atoms with Gasteiger partial charge in [0.2, 0.25) is 11.8 Å². The largest absolute Gasteiger partial charge is 0.481 e. The van der Waals surface area contributed by atoms with E-state index >= 15 is 0 Å². The number of carbonyl (C=O) groups is 2. The molecule has 2 aromatic heterocycles. The highest BCUT2D eigenvalue weighted by Gasteiger charge is 2.16. The molecule has 0 saturated carbocycles. The third-order valence-corrected chi connectivity index (χ3v) is 5.00. The van der Waals surface area contributed by atoms with Crippen LogP contribution in [0.15, 0.2) is 47.8 Å². The highest BCUT2D eigenvalue weighted by atomic mass is 32.1. The molecule has 9 heteroatoms. The summed E-state index contributed by atoms with van der Waals surface area (Å²) >= 11 is 1.16. The van der Waals surface area contributed by atoms with Gasteiger partial charge in [0, 0.05) is 23.9 Å². The van der Waals surface area contributed by atoms with Crippen LogP contribution < -0.4 is 14.8 Å². The summed E-state index contributed by atoms with van der Waals surface area (Å²) in [6.07, 6.45) is 0.177. The second-order valence-corrected chi connectivity index (χ2v) is 8.34. The van der Waals surface area contributed by atoms with Gasteiger partial charge in [0.05, 0.1) is 23.8 Å².